The van der Waals surface area contributed by atoms with Gasteiger partial charge in [-0.2, -0.15) is 0 Å². The van der Waals surface area contributed by atoms with Gasteiger partial charge in [0, 0.05) is 12.8 Å². The highest BCUT2D eigenvalue weighted by atomic mass is 16.5. The zero-order valence-corrected chi connectivity index (χ0v) is 8.21. The molecule has 0 aliphatic carbocycles. The van der Waals surface area contributed by atoms with Crippen molar-refractivity contribution in [2.45, 2.75) is 32.6 Å². The Morgan fingerprint density at radius 3 is 2.38 bits per heavy atom. The van der Waals surface area contributed by atoms with Crippen molar-refractivity contribution in [3.8, 4) is 0 Å². The second kappa shape index (κ2) is 6.46. The van der Waals surface area contributed by atoms with E-state index in [0.717, 1.165) is 12.8 Å². The van der Waals surface area contributed by atoms with Crippen LogP contribution in [0.1, 0.15) is 32.6 Å². The molecule has 0 rings (SSSR count). The average Bonchev–Trinajstić information content (AvgIpc) is 2.03. The summed E-state index contributed by atoms with van der Waals surface area (Å²) in [4.78, 5) is 21.5. The molecule has 2 N–H and O–H groups in total. The molecule has 0 aromatic rings. The monoisotopic (exact) mass is 187 g/mol. The second-order valence-corrected chi connectivity index (χ2v) is 3.11. The molecule has 0 fully saturated rings. The lowest BCUT2D eigenvalue weighted by molar-refractivity contribution is -0.141. The summed E-state index contributed by atoms with van der Waals surface area (Å²) in [6, 6.07) is 0. The van der Waals surface area contributed by atoms with Crippen LogP contribution in [0.4, 0.5) is 0 Å². The van der Waals surface area contributed by atoms with Gasteiger partial charge in [-0.25, -0.2) is 0 Å². The summed E-state index contributed by atoms with van der Waals surface area (Å²) < 4.78 is 4.52. The van der Waals surface area contributed by atoms with Gasteiger partial charge >= 0.3 is 5.97 Å². The van der Waals surface area contributed by atoms with Crippen molar-refractivity contribution in [2.24, 2.45) is 11.7 Å². The summed E-state index contributed by atoms with van der Waals surface area (Å²) in [6.45, 7) is 2.01. The molecule has 4 heteroatoms. The van der Waals surface area contributed by atoms with Gasteiger partial charge in [0.2, 0.25) is 5.91 Å². The van der Waals surface area contributed by atoms with E-state index < -0.39 is 0 Å². The van der Waals surface area contributed by atoms with Crippen molar-refractivity contribution in [3.05, 3.63) is 0 Å². The highest BCUT2D eigenvalue weighted by molar-refractivity contribution is 5.75. The predicted octanol–water partition coefficient (Wildman–Crippen LogP) is 0.841. The van der Waals surface area contributed by atoms with Crippen molar-refractivity contribution >= 4 is 11.9 Å². The summed E-state index contributed by atoms with van der Waals surface area (Å²) >= 11 is 0. The van der Waals surface area contributed by atoms with Gasteiger partial charge in [-0.05, 0) is 12.3 Å². The number of rotatable bonds is 6. The largest absolute Gasteiger partial charge is 0.469 e. The maximum absolute atomic E-state index is 10.9. The third-order valence-electron chi connectivity index (χ3n) is 1.87. The molecule has 0 radical (unpaired) electrons. The molecular weight excluding hydrogens is 170 g/mol. The molecule has 76 valence electrons. The van der Waals surface area contributed by atoms with Crippen LogP contribution in [-0.4, -0.2) is 19.0 Å². The molecule has 1 atom stereocenters. The van der Waals surface area contributed by atoms with Crippen LogP contribution in [-0.2, 0) is 14.3 Å². The van der Waals surface area contributed by atoms with Crippen molar-refractivity contribution in [2.75, 3.05) is 7.11 Å². The fourth-order valence-electron chi connectivity index (χ4n) is 1.29. The molecule has 0 aliphatic heterocycles. The Labute approximate surface area is 78.4 Å². The third-order valence-corrected chi connectivity index (χ3v) is 1.87. The number of carbonyl (C=O) groups excluding carboxylic acids is 2. The Balaban J connectivity index is 3.93. The van der Waals surface area contributed by atoms with E-state index in [1.165, 1.54) is 7.11 Å². The molecule has 0 aromatic heterocycles. The van der Waals surface area contributed by atoms with Gasteiger partial charge in [0.1, 0.15) is 0 Å². The fraction of sp³-hybridized carbons (Fsp3) is 0.778. The topological polar surface area (TPSA) is 69.4 Å². The van der Waals surface area contributed by atoms with E-state index in [0.29, 0.717) is 0 Å². The van der Waals surface area contributed by atoms with Gasteiger partial charge in [-0.1, -0.05) is 13.3 Å². The Morgan fingerprint density at radius 2 is 2.00 bits per heavy atom. The van der Waals surface area contributed by atoms with Gasteiger partial charge < -0.3 is 10.5 Å². The molecule has 0 heterocycles. The van der Waals surface area contributed by atoms with Crippen molar-refractivity contribution in [1.82, 2.24) is 0 Å². The van der Waals surface area contributed by atoms with Crippen LogP contribution in [0, 0.1) is 5.92 Å². The first-order chi connectivity index (χ1) is 6.10. The smallest absolute Gasteiger partial charge is 0.305 e. The average molecular weight is 187 g/mol. The number of methoxy groups -OCH3 is 1. The number of amides is 1. The first-order valence-electron chi connectivity index (χ1n) is 4.45. The minimum absolute atomic E-state index is 0.0370. The van der Waals surface area contributed by atoms with Gasteiger partial charge in [-0.15, -0.1) is 0 Å². The molecule has 13 heavy (non-hydrogen) atoms. The van der Waals surface area contributed by atoms with Gasteiger partial charge in [0.05, 0.1) is 7.11 Å². The zero-order valence-electron chi connectivity index (χ0n) is 8.21. The molecule has 0 spiro atoms. The molecule has 1 amide bonds. The SMILES string of the molecule is CCC[C@@H](CC(N)=O)CC(=O)OC. The molecule has 0 aromatic carbocycles. The number of primary amides is 1. The summed E-state index contributed by atoms with van der Waals surface area (Å²) in [5.41, 5.74) is 5.05. The lowest BCUT2D eigenvalue weighted by Crippen LogP contribution is -2.19. The van der Waals surface area contributed by atoms with Gasteiger partial charge in [0.25, 0.3) is 0 Å². The zero-order chi connectivity index (χ0) is 10.3. The number of carbonyl (C=O) groups is 2. The first kappa shape index (κ1) is 11.9. The fourth-order valence-corrected chi connectivity index (χ4v) is 1.29. The minimum Gasteiger partial charge on any atom is -0.469 e. The maximum Gasteiger partial charge on any atom is 0.305 e. The first-order valence-corrected chi connectivity index (χ1v) is 4.45. The number of hydrogen-bond acceptors (Lipinski definition) is 3. The Kier molecular flexibility index (Phi) is 5.93. The normalized spacial score (nSPS) is 12.2. The number of nitrogens with two attached hydrogens (primary N) is 1. The second-order valence-electron chi connectivity index (χ2n) is 3.11. The molecule has 0 unspecified atom stereocenters. The molecule has 0 saturated carbocycles. The van der Waals surface area contributed by atoms with E-state index in [1.807, 2.05) is 6.92 Å². The number of esters is 1. The Morgan fingerprint density at radius 1 is 1.38 bits per heavy atom. The lowest BCUT2D eigenvalue weighted by Gasteiger charge is -2.11. The van der Waals surface area contributed by atoms with E-state index in [9.17, 15) is 9.59 Å². The van der Waals surface area contributed by atoms with E-state index in [-0.39, 0.29) is 30.6 Å². The lowest BCUT2D eigenvalue weighted by atomic mass is 9.96. The van der Waals surface area contributed by atoms with Crippen LogP contribution >= 0.6 is 0 Å². The van der Waals surface area contributed by atoms with Crippen LogP contribution in [0.5, 0.6) is 0 Å². The minimum atomic E-state index is -0.359. The highest BCUT2D eigenvalue weighted by Crippen LogP contribution is 2.15. The van der Waals surface area contributed by atoms with Gasteiger partial charge in [-0.3, -0.25) is 9.59 Å². The molecule has 4 nitrogen and oxygen atoms in total. The quantitative estimate of drug-likeness (QED) is 0.626. The van der Waals surface area contributed by atoms with Crippen molar-refractivity contribution < 1.29 is 14.3 Å². The number of hydrogen-bond donors (Lipinski definition) is 1. The van der Waals surface area contributed by atoms with Crippen molar-refractivity contribution in [1.29, 1.82) is 0 Å². The third kappa shape index (κ3) is 6.13. The van der Waals surface area contributed by atoms with Crippen LogP contribution < -0.4 is 5.73 Å². The van der Waals surface area contributed by atoms with E-state index in [2.05, 4.69) is 4.74 Å². The number of ether oxygens (including phenoxy) is 1. The van der Waals surface area contributed by atoms with Crippen LogP contribution in [0.3, 0.4) is 0 Å². The van der Waals surface area contributed by atoms with E-state index >= 15 is 0 Å². The van der Waals surface area contributed by atoms with Crippen LogP contribution in [0.2, 0.25) is 0 Å². The summed E-state index contributed by atoms with van der Waals surface area (Å²) in [7, 11) is 1.34. The molecule has 0 saturated heterocycles. The van der Waals surface area contributed by atoms with Gasteiger partial charge in [0.15, 0.2) is 0 Å². The predicted molar refractivity (Wildman–Crippen MR) is 48.8 cm³/mol. The summed E-state index contributed by atoms with van der Waals surface area (Å²) in [5, 5.41) is 0. The molecular formula is C9H17NO3. The van der Waals surface area contributed by atoms with Crippen LogP contribution in [0.15, 0.2) is 0 Å². The van der Waals surface area contributed by atoms with E-state index in [4.69, 9.17) is 5.73 Å². The summed E-state index contributed by atoms with van der Waals surface area (Å²) in [6.07, 6.45) is 2.32. The molecule has 0 aliphatic rings. The standard InChI is InChI=1S/C9H17NO3/c1-3-4-7(5-8(10)11)6-9(12)13-2/h7H,3-6H2,1-2H3,(H2,10,11)/t7-/m0/s1. The van der Waals surface area contributed by atoms with E-state index in [1.54, 1.807) is 0 Å². The molecule has 0 bridgehead atoms. The van der Waals surface area contributed by atoms with Crippen LogP contribution in [0.25, 0.3) is 0 Å². The Hall–Kier alpha value is -1.06. The highest BCUT2D eigenvalue weighted by Gasteiger charge is 2.15. The van der Waals surface area contributed by atoms with Crippen molar-refractivity contribution in [3.63, 3.8) is 0 Å². The summed E-state index contributed by atoms with van der Waals surface area (Å²) in [5.74, 6) is -0.600. The maximum atomic E-state index is 10.9. The Bertz CT molecular complexity index is 180.